The molecule has 0 spiro atoms. The predicted molar refractivity (Wildman–Crippen MR) is 237 cm³/mol. The number of para-hydroxylation sites is 4. The van der Waals surface area contributed by atoms with Crippen LogP contribution in [0.3, 0.4) is 0 Å². The minimum atomic E-state index is 0.787. The second-order valence-corrected chi connectivity index (χ2v) is 14.7. The highest BCUT2D eigenvalue weighted by molar-refractivity contribution is 6.16. The summed E-state index contributed by atoms with van der Waals surface area (Å²) in [7, 11) is 0. The van der Waals surface area contributed by atoms with Crippen LogP contribution >= 0.6 is 0 Å². The van der Waals surface area contributed by atoms with Crippen LogP contribution in [-0.2, 0) is 0 Å². The number of hydrogen-bond donors (Lipinski definition) is 0. The molecular formula is C53H33N3O. The zero-order valence-electron chi connectivity index (χ0n) is 30.8. The fourth-order valence-corrected chi connectivity index (χ4v) is 8.93. The van der Waals surface area contributed by atoms with Gasteiger partial charge in [-0.2, -0.15) is 0 Å². The molecule has 12 rings (SSSR count). The lowest BCUT2D eigenvalue weighted by Gasteiger charge is -2.10. The molecule has 0 radical (unpaired) electrons. The van der Waals surface area contributed by atoms with Crippen LogP contribution < -0.4 is 0 Å². The van der Waals surface area contributed by atoms with Crippen LogP contribution in [0.2, 0.25) is 0 Å². The van der Waals surface area contributed by atoms with Crippen molar-refractivity contribution in [3.8, 4) is 45.0 Å². The van der Waals surface area contributed by atoms with Crippen molar-refractivity contribution in [2.75, 3.05) is 0 Å². The Hall–Kier alpha value is -7.69. The Morgan fingerprint density at radius 1 is 0.333 bits per heavy atom. The molecule has 0 aliphatic carbocycles. The zero-order chi connectivity index (χ0) is 37.5. The van der Waals surface area contributed by atoms with Gasteiger partial charge in [0.25, 0.3) is 0 Å². The van der Waals surface area contributed by atoms with Crippen LogP contribution in [0.4, 0.5) is 0 Å². The lowest BCUT2D eigenvalue weighted by Crippen LogP contribution is -1.94. The first-order valence-corrected chi connectivity index (χ1v) is 19.4. The smallest absolute Gasteiger partial charge is 0.161 e. The van der Waals surface area contributed by atoms with E-state index in [4.69, 9.17) is 9.40 Å². The lowest BCUT2D eigenvalue weighted by molar-refractivity contribution is 0.666. The number of benzene rings is 8. The molecular weight excluding hydrogens is 695 g/mol. The molecule has 4 nitrogen and oxygen atoms in total. The van der Waals surface area contributed by atoms with E-state index in [9.17, 15) is 0 Å². The number of nitrogens with zero attached hydrogens (tertiary/aromatic N) is 3. The van der Waals surface area contributed by atoms with Gasteiger partial charge in [0.15, 0.2) is 11.2 Å². The topological polar surface area (TPSA) is 35.9 Å². The number of rotatable bonds is 5. The lowest BCUT2D eigenvalue weighted by atomic mass is 10.0. The first-order chi connectivity index (χ1) is 28.3. The van der Waals surface area contributed by atoms with Gasteiger partial charge in [-0.25, -0.2) is 4.98 Å². The molecule has 0 atom stereocenters. The average Bonchev–Trinajstić information content (AvgIpc) is 3.94. The SMILES string of the molecule is c1ccc(-c2cc3c(oc4c(-n5c6ccccc6c6cc(-c7ccc8c(c7)c7ccccc7n8-c7ccccc7)ccc65)cccc43)c(-c3ccccc3)n2)cc1. The summed E-state index contributed by atoms with van der Waals surface area (Å²) in [5.74, 6) is 0. The van der Waals surface area contributed by atoms with Crippen LogP contribution in [-0.4, -0.2) is 14.1 Å². The molecule has 0 amide bonds. The van der Waals surface area contributed by atoms with Crippen LogP contribution in [0, 0.1) is 0 Å². The maximum Gasteiger partial charge on any atom is 0.161 e. The Labute approximate surface area is 328 Å². The molecule has 4 heteroatoms. The van der Waals surface area contributed by atoms with E-state index in [0.29, 0.717) is 0 Å². The van der Waals surface area contributed by atoms with Gasteiger partial charge in [0.05, 0.1) is 33.4 Å². The molecule has 0 aliphatic heterocycles. The highest BCUT2D eigenvalue weighted by Crippen LogP contribution is 2.43. The van der Waals surface area contributed by atoms with Crippen LogP contribution in [0.5, 0.6) is 0 Å². The van der Waals surface area contributed by atoms with Crippen molar-refractivity contribution in [1.82, 2.24) is 14.1 Å². The molecule has 8 aromatic carbocycles. The maximum atomic E-state index is 7.00. The highest BCUT2D eigenvalue weighted by atomic mass is 16.3. The van der Waals surface area contributed by atoms with Crippen molar-refractivity contribution in [2.45, 2.75) is 0 Å². The van der Waals surface area contributed by atoms with Gasteiger partial charge in [-0.15, -0.1) is 0 Å². The average molecular weight is 728 g/mol. The molecule has 0 fully saturated rings. The molecule has 0 saturated carbocycles. The van der Waals surface area contributed by atoms with Gasteiger partial charge in [0, 0.05) is 49.1 Å². The molecule has 0 saturated heterocycles. The number of fused-ring (bicyclic) bond motifs is 9. The Morgan fingerprint density at radius 3 is 1.53 bits per heavy atom. The summed E-state index contributed by atoms with van der Waals surface area (Å²) >= 11 is 0. The number of aromatic nitrogens is 3. The molecule has 0 unspecified atom stereocenters. The van der Waals surface area contributed by atoms with Gasteiger partial charge in [-0.1, -0.05) is 140 Å². The van der Waals surface area contributed by atoms with Crippen molar-refractivity contribution < 1.29 is 4.42 Å². The van der Waals surface area contributed by atoms with Gasteiger partial charge in [-0.05, 0) is 71.8 Å². The molecule has 12 aromatic rings. The second-order valence-electron chi connectivity index (χ2n) is 14.7. The van der Waals surface area contributed by atoms with Crippen LogP contribution in [0.25, 0.3) is 111 Å². The van der Waals surface area contributed by atoms with E-state index in [2.05, 4.69) is 197 Å². The van der Waals surface area contributed by atoms with Gasteiger partial charge in [0.1, 0.15) is 5.69 Å². The van der Waals surface area contributed by atoms with Crippen LogP contribution in [0.1, 0.15) is 0 Å². The number of pyridine rings is 1. The first-order valence-electron chi connectivity index (χ1n) is 19.4. The van der Waals surface area contributed by atoms with E-state index in [-0.39, 0.29) is 0 Å². The molecule has 0 N–H and O–H groups in total. The quantitative estimate of drug-likeness (QED) is 0.177. The van der Waals surface area contributed by atoms with E-state index in [0.717, 1.165) is 66.9 Å². The van der Waals surface area contributed by atoms with E-state index in [1.165, 1.54) is 43.7 Å². The molecule has 266 valence electrons. The first kappa shape index (κ1) is 31.6. The summed E-state index contributed by atoms with van der Waals surface area (Å²) in [5, 5.41) is 6.99. The molecule has 57 heavy (non-hydrogen) atoms. The summed E-state index contributed by atoms with van der Waals surface area (Å²) in [6.45, 7) is 0. The monoisotopic (exact) mass is 727 g/mol. The summed E-state index contributed by atoms with van der Waals surface area (Å²) in [4.78, 5) is 5.22. The van der Waals surface area contributed by atoms with Gasteiger partial charge >= 0.3 is 0 Å². The van der Waals surface area contributed by atoms with Gasteiger partial charge in [0.2, 0.25) is 0 Å². The number of hydrogen-bond acceptors (Lipinski definition) is 2. The maximum absolute atomic E-state index is 7.00. The molecule has 4 aromatic heterocycles. The Morgan fingerprint density at radius 2 is 0.860 bits per heavy atom. The largest absolute Gasteiger partial charge is 0.452 e. The summed E-state index contributed by atoms with van der Waals surface area (Å²) < 4.78 is 11.7. The third-order valence-corrected chi connectivity index (χ3v) is 11.5. The minimum absolute atomic E-state index is 0.787. The van der Waals surface area contributed by atoms with Crippen molar-refractivity contribution in [1.29, 1.82) is 0 Å². The van der Waals surface area contributed by atoms with Crippen molar-refractivity contribution in [3.05, 3.63) is 200 Å². The van der Waals surface area contributed by atoms with Crippen molar-refractivity contribution >= 4 is 65.6 Å². The van der Waals surface area contributed by atoms with E-state index in [1.54, 1.807) is 0 Å². The summed E-state index contributed by atoms with van der Waals surface area (Å²) in [6, 6.07) is 71.2. The van der Waals surface area contributed by atoms with E-state index in [1.807, 2.05) is 12.1 Å². The Kier molecular flexibility index (Phi) is 6.89. The Bertz CT molecular complexity index is 3500. The molecule has 0 bridgehead atoms. The van der Waals surface area contributed by atoms with E-state index < -0.39 is 0 Å². The van der Waals surface area contributed by atoms with E-state index >= 15 is 0 Å². The minimum Gasteiger partial charge on any atom is -0.452 e. The highest BCUT2D eigenvalue weighted by Gasteiger charge is 2.22. The molecule has 0 aliphatic rings. The molecule has 4 heterocycles. The fraction of sp³-hybridized carbons (Fsp3) is 0. The third-order valence-electron chi connectivity index (χ3n) is 11.5. The normalized spacial score (nSPS) is 11.9. The van der Waals surface area contributed by atoms with Crippen LogP contribution in [0.15, 0.2) is 205 Å². The Balaban J connectivity index is 1.06. The summed E-state index contributed by atoms with van der Waals surface area (Å²) in [5.41, 5.74) is 14.7. The third kappa shape index (κ3) is 4.84. The summed E-state index contributed by atoms with van der Waals surface area (Å²) in [6.07, 6.45) is 0. The predicted octanol–water partition coefficient (Wildman–Crippen LogP) is 14.2. The zero-order valence-corrected chi connectivity index (χ0v) is 30.8. The second kappa shape index (κ2) is 12.4. The van der Waals surface area contributed by atoms with Crippen molar-refractivity contribution in [3.63, 3.8) is 0 Å². The standard InChI is InChI=1S/C53H33N3O/c1-4-15-34(16-5-1)45-33-44-41-23-14-26-50(52(41)57-53(44)51(54-45)35-17-6-2-7-18-35)56-47-25-13-11-22-40(47)43-32-37(28-30-49(43)56)36-27-29-48-42(31-36)39-21-10-12-24-46(39)55(48)38-19-8-3-9-20-38/h1-33H. The van der Waals surface area contributed by atoms with Gasteiger partial charge in [-0.3, -0.25) is 0 Å². The number of furan rings is 1. The van der Waals surface area contributed by atoms with Crippen molar-refractivity contribution in [2.24, 2.45) is 0 Å². The fourth-order valence-electron chi connectivity index (χ4n) is 8.93. The van der Waals surface area contributed by atoms with Gasteiger partial charge < -0.3 is 13.6 Å².